The molecule has 0 saturated heterocycles. The van der Waals surface area contributed by atoms with Gasteiger partial charge in [-0.05, 0) is 52.6 Å². The average molecular weight is 248 g/mol. The van der Waals surface area contributed by atoms with Gasteiger partial charge in [0.1, 0.15) is 5.54 Å². The molecule has 0 spiro atoms. The fourth-order valence-corrected chi connectivity index (χ4v) is 1.92. The van der Waals surface area contributed by atoms with Gasteiger partial charge in [-0.3, -0.25) is 10.00 Å². The highest BCUT2D eigenvalue weighted by Gasteiger charge is 2.23. The van der Waals surface area contributed by atoms with E-state index in [1.54, 1.807) is 0 Å². The van der Waals surface area contributed by atoms with E-state index >= 15 is 0 Å². The van der Waals surface area contributed by atoms with Crippen LogP contribution >= 0.6 is 0 Å². The van der Waals surface area contributed by atoms with Crippen molar-refractivity contribution in [2.24, 2.45) is 0 Å². The van der Waals surface area contributed by atoms with Crippen LogP contribution in [-0.4, -0.2) is 21.9 Å². The average Bonchev–Trinajstić information content (AvgIpc) is 2.61. The maximum Gasteiger partial charge on any atom is 0.105 e. The molecule has 1 N–H and O–H groups in total. The Morgan fingerprint density at radius 3 is 2.50 bits per heavy atom. The monoisotopic (exact) mass is 248 g/mol. The second kappa shape index (κ2) is 6.01. The zero-order valence-corrected chi connectivity index (χ0v) is 12.2. The molecule has 1 atom stereocenters. The first-order chi connectivity index (χ1) is 8.43. The quantitative estimate of drug-likeness (QED) is 0.841. The van der Waals surface area contributed by atoms with Gasteiger partial charge >= 0.3 is 0 Å². The minimum atomic E-state index is -0.462. The third-order valence-electron chi connectivity index (χ3n) is 3.58. The lowest BCUT2D eigenvalue weighted by atomic mass is 10.00. The molecule has 1 rings (SSSR count). The van der Waals surface area contributed by atoms with Crippen molar-refractivity contribution in [3.63, 3.8) is 0 Å². The van der Waals surface area contributed by atoms with Gasteiger partial charge in [-0.1, -0.05) is 6.92 Å². The summed E-state index contributed by atoms with van der Waals surface area (Å²) in [5.41, 5.74) is 3.06. The van der Waals surface area contributed by atoms with Crippen LogP contribution < -0.4 is 5.32 Å². The van der Waals surface area contributed by atoms with E-state index in [2.05, 4.69) is 37.3 Å². The third-order valence-corrected chi connectivity index (χ3v) is 3.58. The first kappa shape index (κ1) is 14.7. The Labute approximate surface area is 110 Å². The fraction of sp³-hybridized carbons (Fsp3) is 0.714. The molecule has 0 aliphatic carbocycles. The highest BCUT2D eigenvalue weighted by molar-refractivity contribution is 5.22. The number of nitrogens with one attached hydrogen (secondary N) is 1. The molecule has 1 aromatic rings. The summed E-state index contributed by atoms with van der Waals surface area (Å²) in [4.78, 5) is 0. The van der Waals surface area contributed by atoms with Crippen molar-refractivity contribution >= 4 is 0 Å². The second-order valence-electron chi connectivity index (χ2n) is 5.14. The molecule has 0 amide bonds. The minimum Gasteiger partial charge on any atom is -0.300 e. The Kier molecular flexibility index (Phi) is 4.92. The van der Waals surface area contributed by atoms with Gasteiger partial charge < -0.3 is 0 Å². The molecule has 4 nitrogen and oxygen atoms in total. The normalized spacial score (nSPS) is 14.2. The second-order valence-corrected chi connectivity index (χ2v) is 5.14. The molecule has 1 heterocycles. The Hall–Kier alpha value is -1.34. The van der Waals surface area contributed by atoms with Gasteiger partial charge in [-0.15, -0.1) is 0 Å². The van der Waals surface area contributed by atoms with Crippen LogP contribution in [0.15, 0.2) is 0 Å². The van der Waals surface area contributed by atoms with Crippen molar-refractivity contribution in [1.82, 2.24) is 15.1 Å². The number of hydrogen-bond donors (Lipinski definition) is 1. The highest BCUT2D eigenvalue weighted by Crippen LogP contribution is 2.15. The van der Waals surface area contributed by atoms with Crippen LogP contribution in [0, 0.1) is 32.1 Å². The van der Waals surface area contributed by atoms with Crippen molar-refractivity contribution in [3.8, 4) is 6.07 Å². The third kappa shape index (κ3) is 3.33. The van der Waals surface area contributed by atoms with Gasteiger partial charge in [0, 0.05) is 12.2 Å². The van der Waals surface area contributed by atoms with E-state index in [1.165, 1.54) is 11.3 Å². The van der Waals surface area contributed by atoms with Crippen molar-refractivity contribution in [2.45, 2.75) is 59.5 Å². The van der Waals surface area contributed by atoms with Gasteiger partial charge in [0.05, 0.1) is 11.8 Å². The summed E-state index contributed by atoms with van der Waals surface area (Å²) in [6.07, 6.45) is 1.81. The zero-order valence-electron chi connectivity index (χ0n) is 12.2. The van der Waals surface area contributed by atoms with Crippen molar-refractivity contribution in [2.75, 3.05) is 6.54 Å². The first-order valence-electron chi connectivity index (χ1n) is 6.60. The summed E-state index contributed by atoms with van der Waals surface area (Å²) in [5, 5.41) is 17.1. The van der Waals surface area contributed by atoms with Gasteiger partial charge in [0.15, 0.2) is 0 Å². The van der Waals surface area contributed by atoms with Crippen LogP contribution in [-0.2, 0) is 6.54 Å². The molecule has 0 bridgehead atoms. The summed E-state index contributed by atoms with van der Waals surface area (Å²) < 4.78 is 2.01. The van der Waals surface area contributed by atoms with Gasteiger partial charge in [0.2, 0.25) is 0 Å². The molecule has 18 heavy (non-hydrogen) atoms. The molecular formula is C14H24N4. The van der Waals surface area contributed by atoms with Gasteiger partial charge in [-0.2, -0.15) is 10.4 Å². The van der Waals surface area contributed by atoms with Gasteiger partial charge in [0.25, 0.3) is 0 Å². The molecule has 0 aliphatic rings. The maximum absolute atomic E-state index is 9.28. The minimum absolute atomic E-state index is 0.462. The summed E-state index contributed by atoms with van der Waals surface area (Å²) >= 11 is 0. The predicted octanol–water partition coefficient (Wildman–Crippen LogP) is 2.48. The molecule has 0 radical (unpaired) electrons. The standard InChI is InChI=1S/C14H24N4/c1-6-8-16-14(5,10-15)7-9-18-13(4)11(2)12(3)17-18/h16H,6-9H2,1-5H3. The Morgan fingerprint density at radius 2 is 2.06 bits per heavy atom. The number of aryl methyl sites for hydroxylation is 2. The number of rotatable bonds is 6. The number of nitriles is 1. The Balaban J connectivity index is 2.68. The molecule has 1 aromatic heterocycles. The van der Waals surface area contributed by atoms with E-state index in [4.69, 9.17) is 0 Å². The topological polar surface area (TPSA) is 53.6 Å². The van der Waals surface area contributed by atoms with E-state index in [-0.39, 0.29) is 0 Å². The predicted molar refractivity (Wildman–Crippen MR) is 73.4 cm³/mol. The van der Waals surface area contributed by atoms with Crippen LogP contribution in [0.1, 0.15) is 43.6 Å². The van der Waals surface area contributed by atoms with E-state index in [0.29, 0.717) is 0 Å². The largest absolute Gasteiger partial charge is 0.300 e. The number of aromatic nitrogens is 2. The number of nitrogens with zero attached hydrogens (tertiary/aromatic N) is 3. The molecular weight excluding hydrogens is 224 g/mol. The molecule has 1 unspecified atom stereocenters. The van der Waals surface area contributed by atoms with Crippen molar-refractivity contribution in [1.29, 1.82) is 5.26 Å². The van der Waals surface area contributed by atoms with Crippen LogP contribution in [0.4, 0.5) is 0 Å². The van der Waals surface area contributed by atoms with Crippen LogP contribution in [0.3, 0.4) is 0 Å². The van der Waals surface area contributed by atoms with Crippen molar-refractivity contribution in [3.05, 3.63) is 17.0 Å². The molecule has 0 aromatic carbocycles. The van der Waals surface area contributed by atoms with E-state index in [1.807, 2.05) is 18.5 Å². The van der Waals surface area contributed by atoms with E-state index in [9.17, 15) is 5.26 Å². The molecule has 0 saturated carbocycles. The lowest BCUT2D eigenvalue weighted by molar-refractivity contribution is 0.380. The SMILES string of the molecule is CCCNC(C)(C#N)CCn1nc(C)c(C)c1C. The number of hydrogen-bond acceptors (Lipinski definition) is 3. The van der Waals surface area contributed by atoms with Crippen LogP contribution in [0.5, 0.6) is 0 Å². The van der Waals surface area contributed by atoms with Crippen LogP contribution in [0.2, 0.25) is 0 Å². The van der Waals surface area contributed by atoms with Crippen LogP contribution in [0.25, 0.3) is 0 Å². The lowest BCUT2D eigenvalue weighted by Gasteiger charge is -2.23. The zero-order chi connectivity index (χ0) is 13.8. The van der Waals surface area contributed by atoms with Crippen molar-refractivity contribution < 1.29 is 0 Å². The first-order valence-corrected chi connectivity index (χ1v) is 6.60. The highest BCUT2D eigenvalue weighted by atomic mass is 15.3. The van der Waals surface area contributed by atoms with E-state index < -0.39 is 5.54 Å². The maximum atomic E-state index is 9.28. The summed E-state index contributed by atoms with van der Waals surface area (Å²) in [6.45, 7) is 11.9. The Bertz CT molecular complexity index is 441. The summed E-state index contributed by atoms with van der Waals surface area (Å²) in [7, 11) is 0. The van der Waals surface area contributed by atoms with E-state index in [0.717, 1.165) is 31.6 Å². The lowest BCUT2D eigenvalue weighted by Crippen LogP contribution is -2.42. The molecule has 4 heteroatoms. The smallest absolute Gasteiger partial charge is 0.105 e. The fourth-order valence-electron chi connectivity index (χ4n) is 1.92. The Morgan fingerprint density at radius 1 is 1.39 bits per heavy atom. The molecule has 0 fully saturated rings. The van der Waals surface area contributed by atoms with Gasteiger partial charge in [-0.25, -0.2) is 0 Å². The molecule has 0 aliphatic heterocycles. The summed E-state index contributed by atoms with van der Waals surface area (Å²) in [5.74, 6) is 0. The molecule has 100 valence electrons. The summed E-state index contributed by atoms with van der Waals surface area (Å²) in [6, 6.07) is 2.37.